The number of halogens is 1. The first kappa shape index (κ1) is 10.6. The van der Waals surface area contributed by atoms with Gasteiger partial charge in [0.05, 0.1) is 19.2 Å². The topological polar surface area (TPSA) is 42.4 Å². The van der Waals surface area contributed by atoms with E-state index < -0.39 is 0 Å². The van der Waals surface area contributed by atoms with Gasteiger partial charge in [0.25, 0.3) is 0 Å². The molecule has 0 saturated heterocycles. The lowest BCUT2D eigenvalue weighted by Gasteiger charge is -2.05. The van der Waals surface area contributed by atoms with Crippen LogP contribution in [0.1, 0.15) is 5.56 Å². The van der Waals surface area contributed by atoms with Gasteiger partial charge in [-0.2, -0.15) is 0 Å². The van der Waals surface area contributed by atoms with E-state index in [-0.39, 0.29) is 6.61 Å². The average molecular weight is 315 g/mol. The van der Waals surface area contributed by atoms with E-state index in [9.17, 15) is 0 Å². The minimum absolute atomic E-state index is 0.0123. The molecule has 2 rings (SSSR count). The van der Waals surface area contributed by atoms with E-state index in [1.54, 1.807) is 7.11 Å². The number of benzene rings is 1. The highest BCUT2D eigenvalue weighted by molar-refractivity contribution is 14.1. The Morgan fingerprint density at radius 3 is 2.87 bits per heavy atom. The quantitative estimate of drug-likeness (QED) is 0.683. The van der Waals surface area contributed by atoms with E-state index in [0.717, 1.165) is 25.9 Å². The van der Waals surface area contributed by atoms with Crippen LogP contribution in [0.4, 0.5) is 0 Å². The zero-order valence-electron chi connectivity index (χ0n) is 8.20. The summed E-state index contributed by atoms with van der Waals surface area (Å²) in [5.41, 5.74) is 1.76. The fourth-order valence-electron chi connectivity index (χ4n) is 1.41. The Bertz CT molecular complexity index is 499. The Kier molecular flexibility index (Phi) is 3.06. The summed E-state index contributed by atoms with van der Waals surface area (Å²) in [7, 11) is 1.63. The summed E-state index contributed by atoms with van der Waals surface area (Å²) in [6, 6.07) is 7.64. The van der Waals surface area contributed by atoms with Crippen molar-refractivity contribution in [1.82, 2.24) is 4.98 Å². The number of nitrogens with zero attached hydrogens (tertiary/aromatic N) is 1. The summed E-state index contributed by atoms with van der Waals surface area (Å²) in [5.74, 6) is 0.800. The van der Waals surface area contributed by atoms with Crippen LogP contribution < -0.4 is 4.74 Å². The van der Waals surface area contributed by atoms with Gasteiger partial charge in [0.2, 0.25) is 0 Å². The van der Waals surface area contributed by atoms with Crippen molar-refractivity contribution in [1.29, 1.82) is 0 Å². The Hall–Kier alpha value is -0.880. The molecule has 0 saturated carbocycles. The smallest absolute Gasteiger partial charge is 0.119 e. The first-order valence-electron chi connectivity index (χ1n) is 4.48. The van der Waals surface area contributed by atoms with E-state index in [1.165, 1.54) is 0 Å². The maximum Gasteiger partial charge on any atom is 0.119 e. The Morgan fingerprint density at radius 2 is 2.20 bits per heavy atom. The van der Waals surface area contributed by atoms with Gasteiger partial charge in [0.15, 0.2) is 0 Å². The van der Waals surface area contributed by atoms with Gasteiger partial charge in [-0.05, 0) is 46.9 Å². The van der Waals surface area contributed by atoms with E-state index in [1.807, 2.05) is 24.3 Å². The Morgan fingerprint density at radius 1 is 1.40 bits per heavy atom. The molecule has 0 unspecified atom stereocenters. The number of rotatable bonds is 2. The van der Waals surface area contributed by atoms with Gasteiger partial charge in [-0.25, -0.2) is 4.98 Å². The van der Waals surface area contributed by atoms with Crippen LogP contribution in [0.15, 0.2) is 24.3 Å². The molecule has 1 heterocycles. The molecule has 1 aromatic carbocycles. The third kappa shape index (κ3) is 2.05. The predicted molar refractivity (Wildman–Crippen MR) is 66.9 cm³/mol. The highest BCUT2D eigenvalue weighted by Crippen LogP contribution is 2.22. The normalized spacial score (nSPS) is 10.6. The predicted octanol–water partition coefficient (Wildman–Crippen LogP) is 2.34. The number of pyridine rings is 1. The van der Waals surface area contributed by atoms with Crippen molar-refractivity contribution >= 4 is 33.5 Å². The molecule has 0 spiro atoms. The SMILES string of the molecule is COc1ccc2nc(I)c(CO)cc2c1. The third-order valence-electron chi connectivity index (χ3n) is 2.22. The summed E-state index contributed by atoms with van der Waals surface area (Å²) in [5, 5.41) is 10.1. The Labute approximate surface area is 101 Å². The molecule has 1 aromatic heterocycles. The zero-order chi connectivity index (χ0) is 10.8. The van der Waals surface area contributed by atoms with Crippen molar-refractivity contribution in [2.45, 2.75) is 6.61 Å². The molecule has 0 aliphatic rings. The summed E-state index contributed by atoms with van der Waals surface area (Å²) >= 11 is 2.12. The van der Waals surface area contributed by atoms with Gasteiger partial charge in [0, 0.05) is 10.9 Å². The standard InChI is InChI=1S/C11H10INO2/c1-15-9-2-3-10-7(5-9)4-8(6-14)11(12)13-10/h2-5,14H,6H2,1H3. The molecule has 0 radical (unpaired) electrons. The molecule has 0 aliphatic carbocycles. The van der Waals surface area contributed by atoms with Crippen molar-refractivity contribution in [2.24, 2.45) is 0 Å². The number of methoxy groups -OCH3 is 1. The molecule has 4 heteroatoms. The molecule has 2 aromatic rings. The molecular formula is C11H10INO2. The molecule has 78 valence electrons. The molecule has 0 fully saturated rings. The van der Waals surface area contributed by atoms with E-state index in [4.69, 9.17) is 9.84 Å². The van der Waals surface area contributed by atoms with E-state index in [2.05, 4.69) is 27.6 Å². The minimum Gasteiger partial charge on any atom is -0.497 e. The van der Waals surface area contributed by atoms with Crippen molar-refractivity contribution in [3.8, 4) is 5.75 Å². The molecular weight excluding hydrogens is 305 g/mol. The average Bonchev–Trinajstić information content (AvgIpc) is 2.27. The van der Waals surface area contributed by atoms with E-state index >= 15 is 0 Å². The van der Waals surface area contributed by atoms with Crippen LogP contribution in [0, 0.1) is 3.70 Å². The first-order chi connectivity index (χ1) is 7.24. The van der Waals surface area contributed by atoms with Crippen LogP contribution in [0.3, 0.4) is 0 Å². The molecule has 0 amide bonds. The first-order valence-corrected chi connectivity index (χ1v) is 5.56. The van der Waals surface area contributed by atoms with Crippen LogP contribution >= 0.6 is 22.6 Å². The maximum atomic E-state index is 9.13. The number of hydrogen-bond acceptors (Lipinski definition) is 3. The van der Waals surface area contributed by atoms with Gasteiger partial charge in [-0.15, -0.1) is 0 Å². The van der Waals surface area contributed by atoms with Crippen LogP contribution in [0.25, 0.3) is 10.9 Å². The van der Waals surface area contributed by atoms with Crippen LogP contribution in [0.2, 0.25) is 0 Å². The summed E-state index contributed by atoms with van der Waals surface area (Å²) in [4.78, 5) is 4.39. The van der Waals surface area contributed by atoms with Crippen molar-refractivity contribution in [3.63, 3.8) is 0 Å². The molecule has 0 aliphatic heterocycles. The molecule has 1 N–H and O–H groups in total. The number of aromatic nitrogens is 1. The number of aliphatic hydroxyl groups excluding tert-OH is 1. The number of aliphatic hydroxyl groups is 1. The van der Waals surface area contributed by atoms with Gasteiger partial charge in [-0.3, -0.25) is 0 Å². The molecule has 0 bridgehead atoms. The van der Waals surface area contributed by atoms with Crippen molar-refractivity contribution < 1.29 is 9.84 Å². The second-order valence-electron chi connectivity index (χ2n) is 3.16. The third-order valence-corrected chi connectivity index (χ3v) is 3.15. The van der Waals surface area contributed by atoms with Crippen LogP contribution in [0.5, 0.6) is 5.75 Å². The highest BCUT2D eigenvalue weighted by Gasteiger charge is 2.04. The van der Waals surface area contributed by atoms with Crippen LogP contribution in [-0.2, 0) is 6.61 Å². The molecule has 3 nitrogen and oxygen atoms in total. The second-order valence-corrected chi connectivity index (χ2v) is 4.18. The monoisotopic (exact) mass is 315 g/mol. The van der Waals surface area contributed by atoms with Gasteiger partial charge < -0.3 is 9.84 Å². The fourth-order valence-corrected chi connectivity index (χ4v) is 2.00. The summed E-state index contributed by atoms with van der Waals surface area (Å²) in [6.07, 6.45) is 0. The number of ether oxygens (including phenoxy) is 1. The Balaban J connectivity index is 2.66. The van der Waals surface area contributed by atoms with Gasteiger partial charge >= 0.3 is 0 Å². The largest absolute Gasteiger partial charge is 0.497 e. The summed E-state index contributed by atoms with van der Waals surface area (Å²) < 4.78 is 5.97. The maximum absolute atomic E-state index is 9.13. The van der Waals surface area contributed by atoms with Gasteiger partial charge in [-0.1, -0.05) is 0 Å². The lowest BCUT2D eigenvalue weighted by atomic mass is 10.1. The highest BCUT2D eigenvalue weighted by atomic mass is 127. The second kappa shape index (κ2) is 4.32. The van der Waals surface area contributed by atoms with Crippen molar-refractivity contribution in [2.75, 3.05) is 7.11 Å². The fraction of sp³-hybridized carbons (Fsp3) is 0.182. The van der Waals surface area contributed by atoms with Gasteiger partial charge in [0.1, 0.15) is 9.45 Å². The molecule has 0 atom stereocenters. The zero-order valence-corrected chi connectivity index (χ0v) is 10.4. The summed E-state index contributed by atoms with van der Waals surface area (Å²) in [6.45, 7) is 0.0123. The lowest BCUT2D eigenvalue weighted by molar-refractivity contribution is 0.280. The molecule has 15 heavy (non-hydrogen) atoms. The number of fused-ring (bicyclic) bond motifs is 1. The van der Waals surface area contributed by atoms with Crippen LogP contribution in [-0.4, -0.2) is 17.2 Å². The minimum atomic E-state index is 0.0123. The number of hydrogen-bond donors (Lipinski definition) is 1. The van der Waals surface area contributed by atoms with E-state index in [0.29, 0.717) is 0 Å². The lowest BCUT2D eigenvalue weighted by Crippen LogP contribution is -1.93. The van der Waals surface area contributed by atoms with Crippen molar-refractivity contribution in [3.05, 3.63) is 33.5 Å².